The van der Waals surface area contributed by atoms with Gasteiger partial charge in [-0.25, -0.2) is 4.98 Å². The van der Waals surface area contributed by atoms with Crippen LogP contribution in [0.3, 0.4) is 0 Å². The van der Waals surface area contributed by atoms with Crippen molar-refractivity contribution in [3.8, 4) is 22.8 Å². The lowest BCUT2D eigenvalue weighted by Gasteiger charge is -2.10. The summed E-state index contributed by atoms with van der Waals surface area (Å²) in [5.41, 5.74) is 1.71. The summed E-state index contributed by atoms with van der Waals surface area (Å²) in [5, 5.41) is 3.32. The number of hydrogen-bond acceptors (Lipinski definition) is 5. The first-order chi connectivity index (χ1) is 9.80. The molecule has 108 valence electrons. The van der Waals surface area contributed by atoms with E-state index < -0.39 is 0 Å². The molecule has 0 spiro atoms. The second kappa shape index (κ2) is 6.96. The fourth-order valence-corrected chi connectivity index (χ4v) is 1.99. The van der Waals surface area contributed by atoms with Crippen molar-refractivity contribution in [1.82, 2.24) is 10.3 Å². The Hall–Kier alpha value is -2.01. The van der Waals surface area contributed by atoms with E-state index >= 15 is 0 Å². The molecule has 0 atom stereocenters. The third kappa shape index (κ3) is 3.11. The molecular formula is C15H20N2O3. The van der Waals surface area contributed by atoms with Crippen molar-refractivity contribution in [3.63, 3.8) is 0 Å². The van der Waals surface area contributed by atoms with Gasteiger partial charge in [-0.1, -0.05) is 6.92 Å². The van der Waals surface area contributed by atoms with E-state index in [1.165, 1.54) is 6.39 Å². The number of rotatable bonds is 7. The normalized spacial score (nSPS) is 10.6. The van der Waals surface area contributed by atoms with Gasteiger partial charge in [-0.05, 0) is 31.2 Å². The van der Waals surface area contributed by atoms with E-state index in [9.17, 15) is 0 Å². The molecule has 0 aliphatic rings. The van der Waals surface area contributed by atoms with E-state index in [0.29, 0.717) is 12.3 Å². The average molecular weight is 276 g/mol. The van der Waals surface area contributed by atoms with Crippen LogP contribution in [0, 0.1) is 0 Å². The molecule has 0 aliphatic carbocycles. The van der Waals surface area contributed by atoms with Gasteiger partial charge in [0.15, 0.2) is 12.2 Å². The Balaban J connectivity index is 2.33. The number of aromatic nitrogens is 1. The predicted molar refractivity (Wildman–Crippen MR) is 77.0 cm³/mol. The fourth-order valence-electron chi connectivity index (χ4n) is 1.99. The lowest BCUT2D eigenvalue weighted by molar-refractivity contribution is 0.403. The summed E-state index contributed by atoms with van der Waals surface area (Å²) in [7, 11) is 3.27. The predicted octanol–water partition coefficient (Wildman–Crippen LogP) is 2.86. The Morgan fingerprint density at radius 3 is 2.80 bits per heavy atom. The number of methoxy groups -OCH3 is 2. The summed E-state index contributed by atoms with van der Waals surface area (Å²) in [6, 6.07) is 5.61. The van der Waals surface area contributed by atoms with Crippen molar-refractivity contribution < 1.29 is 13.9 Å². The monoisotopic (exact) mass is 276 g/mol. The Morgan fingerprint density at radius 2 is 2.10 bits per heavy atom. The molecule has 0 saturated carbocycles. The van der Waals surface area contributed by atoms with E-state index in [4.69, 9.17) is 13.9 Å². The molecule has 0 amide bonds. The van der Waals surface area contributed by atoms with E-state index in [0.717, 1.165) is 35.7 Å². The Bertz CT molecular complexity index is 552. The lowest BCUT2D eigenvalue weighted by Crippen LogP contribution is -2.14. The molecule has 0 bridgehead atoms. The largest absolute Gasteiger partial charge is 0.497 e. The van der Waals surface area contributed by atoms with Gasteiger partial charge in [-0.15, -0.1) is 0 Å². The summed E-state index contributed by atoms with van der Waals surface area (Å²) in [4.78, 5) is 4.27. The molecule has 2 aromatic rings. The molecule has 1 aromatic carbocycles. The van der Waals surface area contributed by atoms with Gasteiger partial charge in [0.2, 0.25) is 0 Å². The Labute approximate surface area is 118 Å². The van der Waals surface area contributed by atoms with Gasteiger partial charge < -0.3 is 19.2 Å². The summed E-state index contributed by atoms with van der Waals surface area (Å²) in [6.45, 7) is 3.74. The van der Waals surface area contributed by atoms with Crippen LogP contribution in [-0.4, -0.2) is 25.7 Å². The van der Waals surface area contributed by atoms with E-state index in [-0.39, 0.29) is 0 Å². The fraction of sp³-hybridized carbons (Fsp3) is 0.400. The molecule has 1 aromatic heterocycles. The minimum atomic E-state index is 0.667. The van der Waals surface area contributed by atoms with Gasteiger partial charge in [0.1, 0.15) is 17.2 Å². The van der Waals surface area contributed by atoms with E-state index in [1.54, 1.807) is 14.2 Å². The molecule has 0 saturated heterocycles. The van der Waals surface area contributed by atoms with Crippen molar-refractivity contribution in [2.45, 2.75) is 19.9 Å². The standard InChI is InChI=1S/C15H20N2O3/c1-4-7-16-9-13-15(20-10-17-13)12-8-11(18-2)5-6-14(12)19-3/h5-6,8,10,16H,4,7,9H2,1-3H3. The molecule has 5 nitrogen and oxygen atoms in total. The molecule has 1 N–H and O–H groups in total. The number of oxazole rings is 1. The smallest absolute Gasteiger partial charge is 0.181 e. The molecule has 0 radical (unpaired) electrons. The third-order valence-corrected chi connectivity index (χ3v) is 3.01. The van der Waals surface area contributed by atoms with Crippen LogP contribution in [0.5, 0.6) is 11.5 Å². The molecular weight excluding hydrogens is 256 g/mol. The first-order valence-electron chi connectivity index (χ1n) is 6.65. The highest BCUT2D eigenvalue weighted by Gasteiger charge is 2.16. The topological polar surface area (TPSA) is 56.5 Å². The van der Waals surface area contributed by atoms with Crippen molar-refractivity contribution in [2.75, 3.05) is 20.8 Å². The number of nitrogens with zero attached hydrogens (tertiary/aromatic N) is 1. The van der Waals surface area contributed by atoms with Gasteiger partial charge in [0.25, 0.3) is 0 Å². The number of hydrogen-bond donors (Lipinski definition) is 1. The molecule has 5 heteroatoms. The Kier molecular flexibility index (Phi) is 5.01. The Morgan fingerprint density at radius 1 is 1.25 bits per heavy atom. The second-order valence-corrected chi connectivity index (χ2v) is 4.37. The molecule has 2 rings (SSSR count). The molecule has 0 aliphatic heterocycles. The number of ether oxygens (including phenoxy) is 2. The van der Waals surface area contributed by atoms with Crippen molar-refractivity contribution in [3.05, 3.63) is 30.3 Å². The van der Waals surface area contributed by atoms with Crippen molar-refractivity contribution in [2.24, 2.45) is 0 Å². The van der Waals surface area contributed by atoms with Crippen LogP contribution in [0.4, 0.5) is 0 Å². The second-order valence-electron chi connectivity index (χ2n) is 4.37. The SMILES string of the molecule is CCCNCc1ncoc1-c1cc(OC)ccc1OC. The van der Waals surface area contributed by atoms with Gasteiger partial charge in [-0.3, -0.25) is 0 Å². The summed E-state index contributed by atoms with van der Waals surface area (Å²) < 4.78 is 16.2. The highest BCUT2D eigenvalue weighted by molar-refractivity contribution is 5.69. The first-order valence-corrected chi connectivity index (χ1v) is 6.65. The maximum Gasteiger partial charge on any atom is 0.181 e. The number of benzene rings is 1. The lowest BCUT2D eigenvalue weighted by atomic mass is 10.1. The maximum absolute atomic E-state index is 5.54. The highest BCUT2D eigenvalue weighted by Crippen LogP contribution is 2.35. The van der Waals surface area contributed by atoms with Gasteiger partial charge in [0, 0.05) is 6.54 Å². The third-order valence-electron chi connectivity index (χ3n) is 3.01. The van der Waals surface area contributed by atoms with E-state index in [2.05, 4.69) is 17.2 Å². The van der Waals surface area contributed by atoms with Crippen LogP contribution < -0.4 is 14.8 Å². The average Bonchev–Trinajstić information content (AvgIpc) is 2.95. The van der Waals surface area contributed by atoms with Crippen LogP contribution in [0.2, 0.25) is 0 Å². The maximum atomic E-state index is 5.54. The van der Waals surface area contributed by atoms with Crippen LogP contribution in [0.1, 0.15) is 19.0 Å². The van der Waals surface area contributed by atoms with Crippen LogP contribution >= 0.6 is 0 Å². The van der Waals surface area contributed by atoms with Crippen LogP contribution in [0.15, 0.2) is 29.0 Å². The first kappa shape index (κ1) is 14.4. The zero-order valence-corrected chi connectivity index (χ0v) is 12.1. The molecule has 1 heterocycles. The van der Waals surface area contributed by atoms with Gasteiger partial charge >= 0.3 is 0 Å². The van der Waals surface area contributed by atoms with Crippen molar-refractivity contribution >= 4 is 0 Å². The summed E-state index contributed by atoms with van der Waals surface area (Å²) in [5.74, 6) is 2.20. The quantitative estimate of drug-likeness (QED) is 0.788. The van der Waals surface area contributed by atoms with Crippen LogP contribution in [-0.2, 0) is 6.54 Å². The minimum absolute atomic E-state index is 0.667. The highest BCUT2D eigenvalue weighted by atomic mass is 16.5. The summed E-state index contributed by atoms with van der Waals surface area (Å²) in [6.07, 6.45) is 2.53. The minimum Gasteiger partial charge on any atom is -0.497 e. The molecule has 0 unspecified atom stereocenters. The van der Waals surface area contributed by atoms with Gasteiger partial charge in [-0.2, -0.15) is 0 Å². The zero-order chi connectivity index (χ0) is 14.4. The van der Waals surface area contributed by atoms with Gasteiger partial charge in [0.05, 0.1) is 19.8 Å². The molecule has 0 fully saturated rings. The number of nitrogens with one attached hydrogen (secondary N) is 1. The van der Waals surface area contributed by atoms with Crippen LogP contribution in [0.25, 0.3) is 11.3 Å². The summed E-state index contributed by atoms with van der Waals surface area (Å²) >= 11 is 0. The van der Waals surface area contributed by atoms with E-state index in [1.807, 2.05) is 18.2 Å². The molecule has 20 heavy (non-hydrogen) atoms. The zero-order valence-electron chi connectivity index (χ0n) is 12.1. The van der Waals surface area contributed by atoms with Crippen molar-refractivity contribution in [1.29, 1.82) is 0 Å².